The van der Waals surface area contributed by atoms with Crippen molar-refractivity contribution in [1.82, 2.24) is 14.3 Å². The summed E-state index contributed by atoms with van der Waals surface area (Å²) in [6, 6.07) is 8.86. The van der Waals surface area contributed by atoms with Crippen molar-refractivity contribution in [3.8, 4) is 0 Å². The Bertz CT molecular complexity index is 1280. The van der Waals surface area contributed by atoms with Gasteiger partial charge in [0, 0.05) is 25.1 Å². The molecule has 6 N–H and O–H groups in total. The van der Waals surface area contributed by atoms with E-state index in [0.29, 0.717) is 28.6 Å². The van der Waals surface area contributed by atoms with E-state index in [1.807, 2.05) is 34.2 Å². The van der Waals surface area contributed by atoms with Crippen molar-refractivity contribution in [2.24, 2.45) is 11.5 Å². The second kappa shape index (κ2) is 11.3. The first-order chi connectivity index (χ1) is 16.1. The zero-order valence-corrected chi connectivity index (χ0v) is 22.5. The molecule has 34 heavy (non-hydrogen) atoms. The third-order valence-corrected chi connectivity index (χ3v) is 7.64. The maximum Gasteiger partial charge on any atom is 0.295 e. The molecule has 1 aromatic carbocycles. The zero-order chi connectivity index (χ0) is 25.0. The van der Waals surface area contributed by atoms with Gasteiger partial charge in [-0.05, 0) is 53.2 Å². The number of fused-ring (bicyclic) bond motifs is 1. The fraction of sp³-hybridized carbons (Fsp3) is 0.200. The van der Waals surface area contributed by atoms with E-state index < -0.39 is 17.4 Å². The van der Waals surface area contributed by atoms with Crippen LogP contribution in [0.15, 0.2) is 54.0 Å². The lowest BCUT2D eigenvalue weighted by atomic mass is 10.2. The minimum atomic E-state index is -2.77. The molecule has 0 saturated carbocycles. The van der Waals surface area contributed by atoms with Crippen LogP contribution in [0.1, 0.15) is 19.2 Å². The maximum absolute atomic E-state index is 13.7. The molecule has 0 aliphatic rings. The number of hydrogen-bond donors (Lipinski definition) is 4. The summed E-state index contributed by atoms with van der Waals surface area (Å²) in [5.41, 5.74) is 14.5. The number of aromatic nitrogens is 3. The van der Waals surface area contributed by atoms with Gasteiger partial charge in [0.15, 0.2) is 11.5 Å². The van der Waals surface area contributed by atoms with Crippen molar-refractivity contribution in [1.29, 1.82) is 0 Å². The average Bonchev–Trinajstić information content (AvgIpc) is 3.16. The molecule has 0 amide bonds. The van der Waals surface area contributed by atoms with E-state index in [1.165, 1.54) is 4.34 Å². The van der Waals surface area contributed by atoms with Gasteiger partial charge in [0.1, 0.15) is 28.1 Å². The summed E-state index contributed by atoms with van der Waals surface area (Å²) in [6.07, 6.45) is 1.95. The number of nitrogens with one attached hydrogen (secondary N) is 2. The highest BCUT2D eigenvalue weighted by atomic mass is 127. The number of anilines is 4. The summed E-state index contributed by atoms with van der Waals surface area (Å²) in [4.78, 5) is 8.68. The summed E-state index contributed by atoms with van der Waals surface area (Å²) < 4.78 is 42.5. The van der Waals surface area contributed by atoms with Crippen LogP contribution in [-0.2, 0) is 11.0 Å². The summed E-state index contributed by atoms with van der Waals surface area (Å²) in [6.45, 7) is 1.72. The van der Waals surface area contributed by atoms with Crippen LogP contribution < -0.4 is 26.4 Å². The number of hydrogen-bond acceptors (Lipinski definition) is 7. The summed E-state index contributed by atoms with van der Waals surface area (Å²) in [5.74, 6) is 0.218. The second-order valence-electron chi connectivity index (χ2n) is 7.14. The van der Waals surface area contributed by atoms with Crippen LogP contribution in [-0.4, -0.2) is 31.8 Å². The van der Waals surface area contributed by atoms with Crippen molar-refractivity contribution < 1.29 is 13.0 Å². The van der Waals surface area contributed by atoms with Gasteiger partial charge in [-0.25, -0.2) is 23.0 Å². The quantitative estimate of drug-likeness (QED) is 0.155. The molecule has 9 nitrogen and oxygen atoms in total. The summed E-state index contributed by atoms with van der Waals surface area (Å²) in [5, 5.41) is 6.21. The van der Waals surface area contributed by atoms with Crippen molar-refractivity contribution in [3.05, 3.63) is 59.8 Å². The van der Waals surface area contributed by atoms with Gasteiger partial charge in [-0.3, -0.25) is 8.64 Å². The van der Waals surface area contributed by atoms with Crippen LogP contribution in [0.4, 0.5) is 31.7 Å². The molecular formula is C20H24F2IN8OPS. The molecule has 2 aromatic heterocycles. The molecular weight excluding hydrogens is 596 g/mol. The van der Waals surface area contributed by atoms with Gasteiger partial charge in [-0.1, -0.05) is 12.1 Å². The van der Waals surface area contributed by atoms with Crippen molar-refractivity contribution in [2.75, 3.05) is 28.2 Å². The molecule has 0 aliphatic heterocycles. The fourth-order valence-electron chi connectivity index (χ4n) is 3.00. The number of rotatable bonds is 9. The molecule has 0 fully saturated rings. The van der Waals surface area contributed by atoms with Gasteiger partial charge >= 0.3 is 0 Å². The van der Waals surface area contributed by atoms with E-state index >= 15 is 0 Å². The highest BCUT2D eigenvalue weighted by Gasteiger charge is 2.23. The van der Waals surface area contributed by atoms with Crippen LogP contribution in [0, 0.1) is 0 Å². The van der Waals surface area contributed by atoms with Crippen molar-refractivity contribution in [3.63, 3.8) is 0 Å². The van der Waals surface area contributed by atoms with Crippen molar-refractivity contribution >= 4 is 73.4 Å². The predicted octanol–water partition coefficient (Wildman–Crippen LogP) is 4.71. The van der Waals surface area contributed by atoms with Crippen LogP contribution in [0.2, 0.25) is 0 Å². The van der Waals surface area contributed by atoms with E-state index in [9.17, 15) is 13.0 Å². The lowest BCUT2D eigenvalue weighted by Gasteiger charge is -2.20. The molecule has 2 heterocycles. The van der Waals surface area contributed by atoms with Crippen LogP contribution >= 0.6 is 28.4 Å². The smallest absolute Gasteiger partial charge is 0.295 e. The number of benzene rings is 1. The van der Waals surface area contributed by atoms with Gasteiger partial charge in [0.2, 0.25) is 0 Å². The minimum absolute atomic E-state index is 0.0506. The van der Waals surface area contributed by atoms with Gasteiger partial charge < -0.3 is 22.1 Å². The number of nitrogens with two attached hydrogens (primary N) is 2. The zero-order valence-electron chi connectivity index (χ0n) is 18.5. The number of alkyl halides is 2. The Balaban J connectivity index is 2.18. The molecule has 2 unspecified atom stereocenters. The molecule has 2 atom stereocenters. The SMILES string of the molecule is C/C(N)=C/C=C(\N)Nc1cc(Nc2ccccc2N(C)S(C)=O)c2nc(C(F)F)n(PI)c2n1. The van der Waals surface area contributed by atoms with E-state index in [4.69, 9.17) is 11.5 Å². The highest BCUT2D eigenvalue weighted by molar-refractivity contribution is 14.2. The van der Waals surface area contributed by atoms with Gasteiger partial charge in [0.05, 0.1) is 23.4 Å². The summed E-state index contributed by atoms with van der Waals surface area (Å²) in [7, 11) is 0.427. The Morgan fingerprint density at radius 1 is 1.26 bits per heavy atom. The lowest BCUT2D eigenvalue weighted by molar-refractivity contribution is 0.140. The first-order valence-electron chi connectivity index (χ1n) is 9.80. The first kappa shape index (κ1) is 26.1. The number of nitrogens with zero attached hydrogens (tertiary/aromatic N) is 4. The number of imidazole rings is 1. The highest BCUT2D eigenvalue weighted by Crippen LogP contribution is 2.39. The standard InChI is InChI=1S/C20H24F2IN8OPS/c1-11(24)8-9-15(25)27-16-10-13(17-19(28-16)31(33-23)20(29-17)18(21)22)26-12-6-4-5-7-14(12)30(2)34(3)32/h4-10,18,33H,24-25H2,1-3H3,(H2,26,27,28)/b11-8-,15-9+. The van der Waals surface area contributed by atoms with Crippen molar-refractivity contribution in [2.45, 2.75) is 13.3 Å². The Labute approximate surface area is 213 Å². The monoisotopic (exact) mass is 620 g/mol. The van der Waals surface area contributed by atoms with Crippen LogP contribution in [0.25, 0.3) is 11.2 Å². The first-order valence-corrected chi connectivity index (χ1v) is 15.4. The molecule has 0 spiro atoms. The molecule has 0 aliphatic carbocycles. The topological polar surface area (TPSA) is 127 Å². The minimum Gasteiger partial charge on any atom is -0.402 e. The van der Waals surface area contributed by atoms with E-state index in [-0.39, 0.29) is 29.2 Å². The van der Waals surface area contributed by atoms with Crippen LogP contribution in [0.3, 0.4) is 0 Å². The molecule has 0 radical (unpaired) electrons. The average molecular weight is 620 g/mol. The van der Waals surface area contributed by atoms with Crippen LogP contribution in [0.5, 0.6) is 0 Å². The maximum atomic E-state index is 13.7. The molecule has 3 aromatic rings. The fourth-order valence-corrected chi connectivity index (χ4v) is 5.33. The third kappa shape index (κ3) is 5.94. The lowest BCUT2D eigenvalue weighted by Crippen LogP contribution is -2.19. The second-order valence-corrected chi connectivity index (χ2v) is 10.6. The normalized spacial score (nSPS) is 13.7. The number of pyridine rings is 1. The summed E-state index contributed by atoms with van der Waals surface area (Å²) >= 11 is 2.01. The molecule has 0 bridgehead atoms. The third-order valence-electron chi connectivity index (χ3n) is 4.62. The van der Waals surface area contributed by atoms with E-state index in [0.717, 1.165) is 0 Å². The number of para-hydroxylation sites is 2. The Morgan fingerprint density at radius 2 is 1.97 bits per heavy atom. The van der Waals surface area contributed by atoms with Gasteiger partial charge in [-0.15, -0.1) is 0 Å². The Morgan fingerprint density at radius 3 is 2.59 bits per heavy atom. The Kier molecular flexibility index (Phi) is 8.66. The molecule has 0 saturated heterocycles. The van der Waals surface area contributed by atoms with E-state index in [1.54, 1.807) is 54.9 Å². The van der Waals surface area contributed by atoms with Gasteiger partial charge in [0.25, 0.3) is 6.43 Å². The number of halogens is 3. The largest absolute Gasteiger partial charge is 0.402 e. The Hall–Kier alpha value is -2.51. The molecule has 14 heteroatoms. The number of allylic oxidation sites excluding steroid dienone is 3. The van der Waals surface area contributed by atoms with E-state index in [2.05, 4.69) is 20.6 Å². The molecule has 3 rings (SSSR count). The molecule has 182 valence electrons. The van der Waals surface area contributed by atoms with Gasteiger partial charge in [-0.2, -0.15) is 0 Å². The predicted molar refractivity (Wildman–Crippen MR) is 146 cm³/mol.